The second kappa shape index (κ2) is 10.6. The van der Waals surface area contributed by atoms with Crippen molar-refractivity contribution in [2.24, 2.45) is 5.41 Å². The Balaban J connectivity index is 1.35. The van der Waals surface area contributed by atoms with Gasteiger partial charge < -0.3 is 4.74 Å². The summed E-state index contributed by atoms with van der Waals surface area (Å²) >= 11 is 0. The molecule has 1 aromatic heterocycles. The van der Waals surface area contributed by atoms with Crippen LogP contribution >= 0.6 is 0 Å². The topological polar surface area (TPSA) is 35.0 Å². The van der Waals surface area contributed by atoms with Gasteiger partial charge in [0.25, 0.3) is 0 Å². The molecule has 0 amide bonds. The number of benzene rings is 1. The molecule has 3 saturated carbocycles. The number of fused-ring (bicyclic) bond motifs is 3. The van der Waals surface area contributed by atoms with E-state index in [1.807, 2.05) is 0 Å². The molecule has 2 aromatic rings. The lowest BCUT2D eigenvalue weighted by molar-refractivity contribution is 0.0305. The Morgan fingerprint density at radius 3 is 2.16 bits per heavy atom. The van der Waals surface area contributed by atoms with Crippen molar-refractivity contribution in [2.45, 2.75) is 96.3 Å². The molecular weight excluding hydrogens is 392 g/mol. The number of allylic oxidation sites excluding steroid dienone is 1. The molecule has 1 heterocycles. The van der Waals surface area contributed by atoms with Crippen LogP contribution in [0.2, 0.25) is 0 Å². The Bertz CT molecular complexity index is 845. The molecule has 3 fully saturated rings. The molecule has 0 spiro atoms. The van der Waals surface area contributed by atoms with Gasteiger partial charge in [0.15, 0.2) is 11.6 Å². The first kappa shape index (κ1) is 23.0. The zero-order chi connectivity index (χ0) is 22.3. The number of hydrogen-bond donors (Lipinski definition) is 0. The fourth-order valence-electron chi connectivity index (χ4n) is 5.83. The van der Waals surface area contributed by atoms with Gasteiger partial charge in [-0.2, -0.15) is 0 Å². The normalized spacial score (nSPS) is 24.8. The van der Waals surface area contributed by atoms with E-state index in [2.05, 4.69) is 60.2 Å². The summed E-state index contributed by atoms with van der Waals surface area (Å²) in [5.41, 5.74) is 3.69. The summed E-state index contributed by atoms with van der Waals surface area (Å²) in [6.07, 6.45) is 24.0. The molecule has 3 nitrogen and oxygen atoms in total. The molecule has 0 aliphatic heterocycles. The van der Waals surface area contributed by atoms with Gasteiger partial charge in [-0.3, -0.25) is 0 Å². The van der Waals surface area contributed by atoms with E-state index in [1.165, 1.54) is 69.8 Å². The highest BCUT2D eigenvalue weighted by Crippen LogP contribution is 2.59. The van der Waals surface area contributed by atoms with Crippen LogP contribution in [0.1, 0.15) is 96.5 Å². The van der Waals surface area contributed by atoms with Crippen molar-refractivity contribution in [2.75, 3.05) is 6.61 Å². The Hall–Kier alpha value is -2.16. The SMILES string of the molecule is CCC/C=C/COc1cnc(-c2ccc(C34CCC(CCCCC)(CC3)CC4)cc2)nc1. The van der Waals surface area contributed by atoms with E-state index in [1.54, 1.807) is 12.4 Å². The van der Waals surface area contributed by atoms with E-state index in [9.17, 15) is 0 Å². The minimum atomic E-state index is 0.412. The van der Waals surface area contributed by atoms with Gasteiger partial charge >= 0.3 is 0 Å². The maximum atomic E-state index is 5.70. The van der Waals surface area contributed by atoms with Crippen LogP contribution in [-0.2, 0) is 5.41 Å². The van der Waals surface area contributed by atoms with Crippen molar-refractivity contribution >= 4 is 0 Å². The molecule has 172 valence electrons. The summed E-state index contributed by atoms with van der Waals surface area (Å²) in [5.74, 6) is 1.49. The third kappa shape index (κ3) is 5.24. The van der Waals surface area contributed by atoms with Gasteiger partial charge in [0.2, 0.25) is 0 Å². The molecule has 3 aliphatic carbocycles. The average molecular weight is 433 g/mol. The van der Waals surface area contributed by atoms with Crippen LogP contribution in [0.15, 0.2) is 48.8 Å². The number of rotatable bonds is 11. The minimum absolute atomic E-state index is 0.412. The lowest BCUT2D eigenvalue weighted by Crippen LogP contribution is -2.44. The quantitative estimate of drug-likeness (QED) is 0.266. The second-order valence-electron chi connectivity index (χ2n) is 10.1. The molecule has 32 heavy (non-hydrogen) atoms. The highest BCUT2D eigenvalue weighted by atomic mass is 16.5. The van der Waals surface area contributed by atoms with Crippen LogP contribution in [0.5, 0.6) is 5.75 Å². The van der Waals surface area contributed by atoms with Crippen molar-refractivity contribution in [1.29, 1.82) is 0 Å². The lowest BCUT2D eigenvalue weighted by atomic mass is 9.51. The zero-order valence-electron chi connectivity index (χ0n) is 20.1. The third-order valence-corrected chi connectivity index (χ3v) is 8.06. The first-order chi connectivity index (χ1) is 15.7. The predicted molar refractivity (Wildman–Crippen MR) is 133 cm³/mol. The molecule has 1 aromatic carbocycles. The summed E-state index contributed by atoms with van der Waals surface area (Å²) in [6, 6.07) is 9.12. The molecule has 2 bridgehead atoms. The summed E-state index contributed by atoms with van der Waals surface area (Å²) in [5, 5.41) is 0. The van der Waals surface area contributed by atoms with Crippen LogP contribution in [0.25, 0.3) is 11.4 Å². The number of hydrogen-bond acceptors (Lipinski definition) is 3. The maximum absolute atomic E-state index is 5.70. The van der Waals surface area contributed by atoms with Crippen LogP contribution < -0.4 is 4.74 Å². The highest BCUT2D eigenvalue weighted by molar-refractivity contribution is 5.56. The molecule has 0 radical (unpaired) electrons. The van der Waals surface area contributed by atoms with Crippen molar-refractivity contribution in [3.05, 3.63) is 54.4 Å². The lowest BCUT2D eigenvalue weighted by Gasteiger charge is -2.54. The Morgan fingerprint density at radius 1 is 0.844 bits per heavy atom. The van der Waals surface area contributed by atoms with E-state index in [0.29, 0.717) is 17.4 Å². The first-order valence-electron chi connectivity index (χ1n) is 12.9. The first-order valence-corrected chi connectivity index (χ1v) is 12.9. The number of aromatic nitrogens is 2. The summed E-state index contributed by atoms with van der Waals surface area (Å²) in [4.78, 5) is 9.07. The van der Waals surface area contributed by atoms with E-state index in [4.69, 9.17) is 4.74 Å². The van der Waals surface area contributed by atoms with Gasteiger partial charge in [-0.05, 0) is 67.8 Å². The molecule has 0 N–H and O–H groups in total. The number of unbranched alkanes of at least 4 members (excludes halogenated alkanes) is 3. The van der Waals surface area contributed by atoms with Crippen LogP contribution in [-0.4, -0.2) is 16.6 Å². The fraction of sp³-hybridized carbons (Fsp3) is 0.586. The van der Waals surface area contributed by atoms with Gasteiger partial charge in [0, 0.05) is 5.56 Å². The molecule has 3 heteroatoms. The highest BCUT2D eigenvalue weighted by Gasteiger charge is 2.48. The molecular formula is C29H40N2O. The van der Waals surface area contributed by atoms with Crippen LogP contribution in [0.4, 0.5) is 0 Å². The Morgan fingerprint density at radius 2 is 1.53 bits per heavy atom. The van der Waals surface area contributed by atoms with Crippen molar-refractivity contribution in [1.82, 2.24) is 9.97 Å². The third-order valence-electron chi connectivity index (χ3n) is 8.06. The second-order valence-corrected chi connectivity index (χ2v) is 10.1. The van der Waals surface area contributed by atoms with Crippen molar-refractivity contribution in [3.63, 3.8) is 0 Å². The van der Waals surface area contributed by atoms with Gasteiger partial charge in [-0.25, -0.2) is 9.97 Å². The molecule has 0 atom stereocenters. The molecule has 3 aliphatic rings. The summed E-state index contributed by atoms with van der Waals surface area (Å²) < 4.78 is 5.70. The smallest absolute Gasteiger partial charge is 0.159 e. The molecule has 0 saturated heterocycles. The summed E-state index contributed by atoms with van der Waals surface area (Å²) in [7, 11) is 0. The van der Waals surface area contributed by atoms with Crippen LogP contribution in [0, 0.1) is 5.41 Å². The monoisotopic (exact) mass is 432 g/mol. The van der Waals surface area contributed by atoms with E-state index in [-0.39, 0.29) is 0 Å². The predicted octanol–water partition coefficient (Wildman–Crippen LogP) is 8.05. The fourth-order valence-corrected chi connectivity index (χ4v) is 5.83. The number of nitrogens with zero attached hydrogens (tertiary/aromatic N) is 2. The number of ether oxygens (including phenoxy) is 1. The Labute approximate surface area is 194 Å². The van der Waals surface area contributed by atoms with E-state index >= 15 is 0 Å². The van der Waals surface area contributed by atoms with Crippen molar-refractivity contribution in [3.8, 4) is 17.1 Å². The van der Waals surface area contributed by atoms with Gasteiger partial charge in [-0.15, -0.1) is 0 Å². The van der Waals surface area contributed by atoms with E-state index < -0.39 is 0 Å². The van der Waals surface area contributed by atoms with Gasteiger partial charge in [-0.1, -0.05) is 75.9 Å². The maximum Gasteiger partial charge on any atom is 0.159 e. The van der Waals surface area contributed by atoms with Gasteiger partial charge in [0.1, 0.15) is 6.61 Å². The zero-order valence-corrected chi connectivity index (χ0v) is 20.1. The van der Waals surface area contributed by atoms with Gasteiger partial charge in [0.05, 0.1) is 12.4 Å². The largest absolute Gasteiger partial charge is 0.486 e. The summed E-state index contributed by atoms with van der Waals surface area (Å²) in [6.45, 7) is 5.06. The van der Waals surface area contributed by atoms with E-state index in [0.717, 1.165) is 30.0 Å². The van der Waals surface area contributed by atoms with Crippen molar-refractivity contribution < 1.29 is 4.74 Å². The standard InChI is InChI=1S/C29H40N2O/c1-3-5-7-9-21-32-26-22-30-27(31-23-26)24-10-12-25(13-11-24)29-18-15-28(16-19-29,17-20-29)14-8-6-4-2/h7,9-13,22-23H,3-6,8,14-21H2,1-2H3/b9-7+. The average Bonchev–Trinajstić information content (AvgIpc) is 2.86. The minimum Gasteiger partial charge on any atom is -0.486 e. The Kier molecular flexibility index (Phi) is 7.65. The molecule has 5 rings (SSSR count). The molecule has 0 unspecified atom stereocenters. The van der Waals surface area contributed by atoms with Crippen LogP contribution in [0.3, 0.4) is 0 Å².